The van der Waals surface area contributed by atoms with Gasteiger partial charge in [-0.05, 0) is 23.6 Å². The van der Waals surface area contributed by atoms with Crippen molar-refractivity contribution < 1.29 is 18.0 Å². The molecule has 96 valence electrons. The normalized spacial score (nSPS) is 18.1. The van der Waals surface area contributed by atoms with E-state index in [1.54, 1.807) is 12.1 Å². The number of carbonyl (C=O) groups is 2. The molecule has 0 radical (unpaired) electrons. The molecule has 1 saturated carbocycles. The van der Waals surface area contributed by atoms with Crippen LogP contribution in [0.5, 0.6) is 0 Å². The molecule has 0 amide bonds. The van der Waals surface area contributed by atoms with Crippen molar-refractivity contribution in [2.45, 2.75) is 30.1 Å². The van der Waals surface area contributed by atoms with Gasteiger partial charge in [-0.2, -0.15) is 0 Å². The first kappa shape index (κ1) is 12.9. The van der Waals surface area contributed by atoms with Crippen LogP contribution in [0.1, 0.15) is 30.7 Å². The number of benzene rings is 1. The first-order chi connectivity index (χ1) is 8.36. The van der Waals surface area contributed by atoms with Gasteiger partial charge < -0.3 is 0 Å². The summed E-state index contributed by atoms with van der Waals surface area (Å²) in [4.78, 5) is 22.8. The Balaban J connectivity index is 2.34. The third kappa shape index (κ3) is 2.83. The molecule has 1 aliphatic carbocycles. The lowest BCUT2D eigenvalue weighted by Gasteiger charge is -2.20. The molecule has 1 aliphatic rings. The molecule has 0 atom stereocenters. The second kappa shape index (κ2) is 4.62. The Labute approximate surface area is 105 Å². The molecule has 1 aromatic carbocycles. The number of Topliss-reactive ketones (excluding diaryl/α,β-unsaturated/α-hetero) is 2. The number of ketones is 2. The molecule has 0 aliphatic heterocycles. The fourth-order valence-electron chi connectivity index (χ4n) is 2.17. The molecule has 0 spiro atoms. The Morgan fingerprint density at radius 3 is 2.28 bits per heavy atom. The van der Waals surface area contributed by atoms with Crippen LogP contribution in [0.3, 0.4) is 0 Å². The summed E-state index contributed by atoms with van der Waals surface area (Å²) in [5.41, 5.74) is 0.669. The Morgan fingerprint density at radius 1 is 1.11 bits per heavy atom. The van der Waals surface area contributed by atoms with Crippen LogP contribution in [-0.2, 0) is 19.6 Å². The molecule has 1 fully saturated rings. The summed E-state index contributed by atoms with van der Waals surface area (Å²) in [5, 5.41) is 5.05. The van der Waals surface area contributed by atoms with Gasteiger partial charge in [-0.25, -0.2) is 13.6 Å². The number of hydrogen-bond donors (Lipinski definition) is 1. The van der Waals surface area contributed by atoms with Crippen LogP contribution in [0.25, 0.3) is 0 Å². The van der Waals surface area contributed by atoms with Gasteiger partial charge in [-0.3, -0.25) is 9.59 Å². The Hall–Kier alpha value is -1.53. The van der Waals surface area contributed by atoms with Crippen molar-refractivity contribution in [2.24, 2.45) is 5.14 Å². The molecule has 2 N–H and O–H groups in total. The molecule has 0 saturated heterocycles. The summed E-state index contributed by atoms with van der Waals surface area (Å²) in [6.45, 7) is 0. The second-order valence-corrected chi connectivity index (χ2v) is 6.04. The summed E-state index contributed by atoms with van der Waals surface area (Å²) in [6, 6.07) is 6.11. The van der Waals surface area contributed by atoms with Crippen LogP contribution in [0.2, 0.25) is 0 Å². The lowest BCUT2D eigenvalue weighted by Crippen LogP contribution is -2.21. The minimum atomic E-state index is -3.76. The molecule has 0 aromatic heterocycles. The van der Waals surface area contributed by atoms with Crippen molar-refractivity contribution in [1.29, 1.82) is 0 Å². The van der Waals surface area contributed by atoms with Crippen molar-refractivity contribution in [2.75, 3.05) is 0 Å². The fraction of sp³-hybridized carbons (Fsp3) is 0.333. The number of sulfonamides is 1. The van der Waals surface area contributed by atoms with E-state index in [4.69, 9.17) is 5.14 Å². The molecular formula is C12H13NO4S. The number of nitrogens with two attached hydrogens (primary N) is 1. The molecule has 0 unspecified atom stereocenters. The van der Waals surface area contributed by atoms with Gasteiger partial charge in [-0.1, -0.05) is 12.1 Å². The smallest absolute Gasteiger partial charge is 0.238 e. The fourth-order valence-corrected chi connectivity index (χ4v) is 2.74. The molecule has 1 aromatic rings. The molecule has 2 rings (SSSR count). The maximum atomic E-state index is 11.4. The maximum Gasteiger partial charge on any atom is 0.238 e. The Kier molecular flexibility index (Phi) is 3.32. The van der Waals surface area contributed by atoms with Crippen LogP contribution < -0.4 is 5.14 Å². The monoisotopic (exact) mass is 267 g/mol. The van der Waals surface area contributed by atoms with Crippen molar-refractivity contribution >= 4 is 21.6 Å². The molecule has 0 heterocycles. The van der Waals surface area contributed by atoms with E-state index in [9.17, 15) is 18.0 Å². The minimum Gasteiger partial charge on any atom is -0.299 e. The standard InChI is InChI=1S/C12H13NO4S/c13-18(16,17)12-3-1-2-8(6-12)9-4-10(14)7-11(15)5-9/h1-3,6,9H,4-5,7H2,(H2,13,16,17). The second-order valence-electron chi connectivity index (χ2n) is 4.48. The van der Waals surface area contributed by atoms with Gasteiger partial charge in [0.05, 0.1) is 11.3 Å². The molecule has 0 bridgehead atoms. The number of carbonyl (C=O) groups excluding carboxylic acids is 2. The quantitative estimate of drug-likeness (QED) is 0.799. The highest BCUT2D eigenvalue weighted by Crippen LogP contribution is 2.30. The van der Waals surface area contributed by atoms with Crippen molar-refractivity contribution in [3.63, 3.8) is 0 Å². The van der Waals surface area contributed by atoms with Crippen LogP contribution in [0.15, 0.2) is 29.2 Å². The average Bonchev–Trinajstić information content (AvgIpc) is 2.27. The molecule has 6 heteroatoms. The highest BCUT2D eigenvalue weighted by Gasteiger charge is 2.27. The topological polar surface area (TPSA) is 94.3 Å². The first-order valence-electron chi connectivity index (χ1n) is 5.52. The summed E-state index contributed by atoms with van der Waals surface area (Å²) < 4.78 is 22.5. The van der Waals surface area contributed by atoms with Crippen molar-refractivity contribution in [3.05, 3.63) is 29.8 Å². The van der Waals surface area contributed by atoms with E-state index in [-0.39, 0.29) is 41.6 Å². The summed E-state index contributed by atoms with van der Waals surface area (Å²) in [6.07, 6.45) is 0.547. The van der Waals surface area contributed by atoms with E-state index < -0.39 is 10.0 Å². The Morgan fingerprint density at radius 2 is 1.72 bits per heavy atom. The van der Waals surface area contributed by atoms with E-state index in [0.29, 0.717) is 5.56 Å². The number of hydrogen-bond acceptors (Lipinski definition) is 4. The third-order valence-corrected chi connectivity index (χ3v) is 3.91. The van der Waals surface area contributed by atoms with Crippen LogP contribution >= 0.6 is 0 Å². The SMILES string of the molecule is NS(=O)(=O)c1cccc(C2CC(=O)CC(=O)C2)c1. The van der Waals surface area contributed by atoms with E-state index >= 15 is 0 Å². The van der Waals surface area contributed by atoms with E-state index in [1.807, 2.05) is 0 Å². The summed E-state index contributed by atoms with van der Waals surface area (Å²) in [7, 11) is -3.76. The zero-order valence-corrected chi connectivity index (χ0v) is 10.4. The van der Waals surface area contributed by atoms with Gasteiger partial charge in [0.2, 0.25) is 10.0 Å². The average molecular weight is 267 g/mol. The molecule has 18 heavy (non-hydrogen) atoms. The van der Waals surface area contributed by atoms with Gasteiger partial charge in [0.1, 0.15) is 11.6 Å². The predicted octanol–water partition coefficient (Wildman–Crippen LogP) is 0.740. The zero-order chi connectivity index (χ0) is 13.3. The lowest BCUT2D eigenvalue weighted by molar-refractivity contribution is -0.130. The summed E-state index contributed by atoms with van der Waals surface area (Å²) in [5.74, 6) is -0.435. The van der Waals surface area contributed by atoms with Crippen LogP contribution in [0, 0.1) is 0 Å². The van der Waals surface area contributed by atoms with Crippen LogP contribution in [-0.4, -0.2) is 20.0 Å². The lowest BCUT2D eigenvalue weighted by atomic mass is 9.83. The van der Waals surface area contributed by atoms with Crippen molar-refractivity contribution in [3.8, 4) is 0 Å². The van der Waals surface area contributed by atoms with Crippen LogP contribution in [0.4, 0.5) is 0 Å². The largest absolute Gasteiger partial charge is 0.299 e. The van der Waals surface area contributed by atoms with E-state index in [1.165, 1.54) is 12.1 Å². The molecule has 5 nitrogen and oxygen atoms in total. The number of primary sulfonamides is 1. The maximum absolute atomic E-state index is 11.4. The highest BCUT2D eigenvalue weighted by molar-refractivity contribution is 7.89. The van der Waals surface area contributed by atoms with Gasteiger partial charge in [0, 0.05) is 12.8 Å². The van der Waals surface area contributed by atoms with E-state index in [0.717, 1.165) is 0 Å². The van der Waals surface area contributed by atoms with Gasteiger partial charge in [0.15, 0.2) is 0 Å². The first-order valence-corrected chi connectivity index (χ1v) is 7.07. The van der Waals surface area contributed by atoms with Gasteiger partial charge >= 0.3 is 0 Å². The van der Waals surface area contributed by atoms with Gasteiger partial charge in [0.25, 0.3) is 0 Å². The zero-order valence-electron chi connectivity index (χ0n) is 9.63. The van der Waals surface area contributed by atoms with E-state index in [2.05, 4.69) is 0 Å². The highest BCUT2D eigenvalue weighted by atomic mass is 32.2. The molecular weight excluding hydrogens is 254 g/mol. The summed E-state index contributed by atoms with van der Waals surface area (Å²) >= 11 is 0. The minimum absolute atomic E-state index is 0.00507. The third-order valence-electron chi connectivity index (χ3n) is 3.00. The number of rotatable bonds is 2. The Bertz CT molecular complexity index is 590. The van der Waals surface area contributed by atoms with Gasteiger partial charge in [-0.15, -0.1) is 0 Å². The van der Waals surface area contributed by atoms with Crippen molar-refractivity contribution in [1.82, 2.24) is 0 Å². The predicted molar refractivity (Wildman–Crippen MR) is 64.4 cm³/mol.